The third kappa shape index (κ3) is 4.91. The summed E-state index contributed by atoms with van der Waals surface area (Å²) in [4.78, 5) is 49.6. The van der Waals surface area contributed by atoms with E-state index in [1.807, 2.05) is 13.0 Å². The fourth-order valence-electron chi connectivity index (χ4n) is 5.11. The molecule has 3 aliphatic rings. The van der Waals surface area contributed by atoms with Crippen LogP contribution in [0.2, 0.25) is 0 Å². The van der Waals surface area contributed by atoms with Crippen molar-refractivity contribution in [2.75, 3.05) is 30.4 Å². The number of likely N-dealkylation sites (tertiary alicyclic amines) is 1. The number of rotatable bonds is 7. The minimum Gasteiger partial charge on any atom is -0.486 e. The van der Waals surface area contributed by atoms with Gasteiger partial charge in [-0.05, 0) is 43.7 Å². The summed E-state index contributed by atoms with van der Waals surface area (Å²) in [5.74, 6) is 1.05. The molecule has 38 heavy (non-hydrogen) atoms. The molecular weight excluding hydrogens is 488 g/mol. The number of fused-ring (bicyclic) bond motifs is 1. The largest absolute Gasteiger partial charge is 0.486 e. The lowest BCUT2D eigenvalue weighted by Crippen LogP contribution is -2.42. The van der Waals surface area contributed by atoms with Crippen LogP contribution in [-0.2, 0) is 22.5 Å². The molecule has 1 saturated heterocycles. The predicted molar refractivity (Wildman–Crippen MR) is 137 cm³/mol. The number of nitrogens with one attached hydrogen (secondary N) is 1. The summed E-state index contributed by atoms with van der Waals surface area (Å²) in [7, 11) is 1.62. The molecule has 3 atom stereocenters. The minimum atomic E-state index is -0.451. The van der Waals surface area contributed by atoms with Crippen LogP contribution in [-0.4, -0.2) is 65.5 Å². The molecule has 1 aliphatic carbocycles. The standard InChI is InChI=1S/C27H30N6O5/c1-16-7-9-32(26(16)35)14-18-10-17-4-3-8-33(25(17)30-20(18)15-34)27(36)31-24-11-23(19(12-28)13-29-24)38-22-6-5-21(22)37-2/h10-11,13,15-16,21-22H,3-9,14H2,1-2H3,(H,29,31,36)/t16-,21+,22+/m1/s1. The predicted octanol–water partition coefficient (Wildman–Crippen LogP) is 3.07. The SMILES string of the molecule is CO[C@H]1CC[C@@H]1Oc1cc(NC(=O)N2CCCc3cc(CN4CC[C@@H](C)C4=O)c(C=O)nc32)ncc1C#N. The second-order valence-electron chi connectivity index (χ2n) is 9.95. The number of nitriles is 1. The van der Waals surface area contributed by atoms with Gasteiger partial charge in [0, 0.05) is 44.3 Å². The Labute approximate surface area is 220 Å². The second kappa shape index (κ2) is 10.8. The number of amides is 3. The number of aryl methyl sites for hydroxylation is 1. The number of carbonyl (C=O) groups excluding carboxylic acids is 3. The first kappa shape index (κ1) is 25.6. The molecule has 2 aromatic heterocycles. The molecule has 2 aliphatic heterocycles. The van der Waals surface area contributed by atoms with E-state index in [1.54, 1.807) is 12.0 Å². The normalized spacial score (nSPS) is 22.3. The molecule has 198 valence electrons. The highest BCUT2D eigenvalue weighted by Gasteiger charge is 2.34. The third-order valence-electron chi connectivity index (χ3n) is 7.51. The quantitative estimate of drug-likeness (QED) is 0.552. The fourth-order valence-corrected chi connectivity index (χ4v) is 5.11. The molecule has 1 N–H and O–H groups in total. The average molecular weight is 519 g/mol. The maximum absolute atomic E-state index is 13.3. The van der Waals surface area contributed by atoms with Crippen molar-refractivity contribution in [3.05, 3.63) is 40.7 Å². The van der Waals surface area contributed by atoms with Gasteiger partial charge in [-0.25, -0.2) is 14.8 Å². The summed E-state index contributed by atoms with van der Waals surface area (Å²) in [6, 6.07) is 5.04. The topological polar surface area (TPSA) is 138 Å². The molecule has 0 aromatic carbocycles. The Balaban J connectivity index is 1.35. The number of aromatic nitrogens is 2. The summed E-state index contributed by atoms with van der Waals surface area (Å²) >= 11 is 0. The lowest BCUT2D eigenvalue weighted by molar-refractivity contribution is -0.131. The monoisotopic (exact) mass is 518 g/mol. The molecule has 0 spiro atoms. The lowest BCUT2D eigenvalue weighted by atomic mass is 9.92. The van der Waals surface area contributed by atoms with E-state index >= 15 is 0 Å². The van der Waals surface area contributed by atoms with E-state index in [4.69, 9.17) is 9.47 Å². The first-order valence-corrected chi connectivity index (χ1v) is 12.9. The molecule has 11 nitrogen and oxygen atoms in total. The molecule has 1 saturated carbocycles. The molecular formula is C27H30N6O5. The van der Waals surface area contributed by atoms with Crippen LogP contribution < -0.4 is 15.0 Å². The zero-order chi connectivity index (χ0) is 26.8. The van der Waals surface area contributed by atoms with Crippen molar-refractivity contribution in [2.45, 2.75) is 57.8 Å². The Morgan fingerprint density at radius 1 is 1.26 bits per heavy atom. The summed E-state index contributed by atoms with van der Waals surface area (Å²) in [5.41, 5.74) is 2.02. The summed E-state index contributed by atoms with van der Waals surface area (Å²) in [6.07, 6.45) is 5.76. The van der Waals surface area contributed by atoms with Crippen LogP contribution in [0, 0.1) is 17.2 Å². The summed E-state index contributed by atoms with van der Waals surface area (Å²) in [5, 5.41) is 12.2. The van der Waals surface area contributed by atoms with Crippen LogP contribution in [0.1, 0.15) is 59.8 Å². The number of ether oxygens (including phenoxy) is 2. The van der Waals surface area contributed by atoms with Crippen molar-refractivity contribution < 1.29 is 23.9 Å². The first-order valence-electron chi connectivity index (χ1n) is 12.9. The van der Waals surface area contributed by atoms with Gasteiger partial charge in [0.25, 0.3) is 0 Å². The number of hydrogen-bond acceptors (Lipinski definition) is 8. The van der Waals surface area contributed by atoms with Crippen molar-refractivity contribution in [2.24, 2.45) is 5.92 Å². The lowest BCUT2D eigenvalue weighted by Gasteiger charge is -2.35. The van der Waals surface area contributed by atoms with Gasteiger partial charge >= 0.3 is 6.03 Å². The Hall–Kier alpha value is -4.04. The zero-order valence-corrected chi connectivity index (χ0v) is 21.5. The van der Waals surface area contributed by atoms with E-state index in [1.165, 1.54) is 17.2 Å². The van der Waals surface area contributed by atoms with Crippen molar-refractivity contribution >= 4 is 29.9 Å². The number of pyridine rings is 2. The number of anilines is 2. The Morgan fingerprint density at radius 3 is 2.74 bits per heavy atom. The molecule has 0 unspecified atom stereocenters. The fraction of sp³-hybridized carbons (Fsp3) is 0.481. The smallest absolute Gasteiger partial charge is 0.328 e. The molecule has 5 rings (SSSR count). The van der Waals surface area contributed by atoms with Gasteiger partial charge in [0.05, 0.1) is 12.3 Å². The van der Waals surface area contributed by atoms with Crippen LogP contribution in [0.3, 0.4) is 0 Å². The summed E-state index contributed by atoms with van der Waals surface area (Å²) < 4.78 is 11.4. The Kier molecular flexibility index (Phi) is 7.24. The van der Waals surface area contributed by atoms with Gasteiger partial charge in [-0.3, -0.25) is 19.8 Å². The van der Waals surface area contributed by atoms with E-state index in [0.717, 1.165) is 31.2 Å². The highest BCUT2D eigenvalue weighted by Crippen LogP contribution is 2.32. The van der Waals surface area contributed by atoms with Crippen LogP contribution in [0.5, 0.6) is 5.75 Å². The molecule has 3 amide bonds. The van der Waals surface area contributed by atoms with Crippen LogP contribution >= 0.6 is 0 Å². The van der Waals surface area contributed by atoms with Crippen molar-refractivity contribution in [3.63, 3.8) is 0 Å². The van der Waals surface area contributed by atoms with E-state index in [9.17, 15) is 19.6 Å². The van der Waals surface area contributed by atoms with Crippen molar-refractivity contribution in [3.8, 4) is 11.8 Å². The van der Waals surface area contributed by atoms with E-state index in [0.29, 0.717) is 49.5 Å². The van der Waals surface area contributed by atoms with E-state index in [2.05, 4.69) is 21.4 Å². The number of aldehydes is 1. The number of carbonyl (C=O) groups is 3. The average Bonchev–Trinajstić information content (AvgIpc) is 3.22. The first-order chi connectivity index (χ1) is 18.4. The van der Waals surface area contributed by atoms with Gasteiger partial charge in [-0.1, -0.05) is 6.92 Å². The minimum absolute atomic E-state index is 0.0173. The molecule has 2 fully saturated rings. The van der Waals surface area contributed by atoms with Crippen molar-refractivity contribution in [1.82, 2.24) is 14.9 Å². The molecule has 2 aromatic rings. The van der Waals surface area contributed by atoms with E-state index < -0.39 is 6.03 Å². The number of hydrogen-bond donors (Lipinski definition) is 1. The second-order valence-corrected chi connectivity index (χ2v) is 9.95. The maximum atomic E-state index is 13.3. The Bertz CT molecular complexity index is 1310. The summed E-state index contributed by atoms with van der Waals surface area (Å²) in [6.45, 7) is 3.31. The highest BCUT2D eigenvalue weighted by atomic mass is 16.5. The number of methoxy groups -OCH3 is 1. The highest BCUT2D eigenvalue weighted by molar-refractivity contribution is 6.01. The number of urea groups is 1. The molecule has 4 heterocycles. The van der Waals surface area contributed by atoms with Crippen LogP contribution in [0.15, 0.2) is 18.3 Å². The Morgan fingerprint density at radius 2 is 2.08 bits per heavy atom. The van der Waals surface area contributed by atoms with Crippen LogP contribution in [0.25, 0.3) is 0 Å². The molecule has 0 radical (unpaired) electrons. The van der Waals surface area contributed by atoms with Crippen molar-refractivity contribution in [1.29, 1.82) is 5.26 Å². The maximum Gasteiger partial charge on any atom is 0.328 e. The molecule has 11 heteroatoms. The number of nitrogens with zero attached hydrogens (tertiary/aromatic N) is 5. The van der Waals surface area contributed by atoms with Crippen LogP contribution in [0.4, 0.5) is 16.4 Å². The van der Waals surface area contributed by atoms with Gasteiger partial charge in [-0.2, -0.15) is 5.26 Å². The van der Waals surface area contributed by atoms with Gasteiger partial charge < -0.3 is 14.4 Å². The van der Waals surface area contributed by atoms with Gasteiger partial charge in [-0.15, -0.1) is 0 Å². The van der Waals surface area contributed by atoms with E-state index in [-0.39, 0.29) is 41.1 Å². The zero-order valence-electron chi connectivity index (χ0n) is 21.5. The van der Waals surface area contributed by atoms with Gasteiger partial charge in [0.15, 0.2) is 6.29 Å². The molecule has 0 bridgehead atoms. The van der Waals surface area contributed by atoms with Gasteiger partial charge in [0.1, 0.15) is 40.8 Å². The third-order valence-corrected chi connectivity index (χ3v) is 7.51. The van der Waals surface area contributed by atoms with Gasteiger partial charge in [0.2, 0.25) is 5.91 Å².